The van der Waals surface area contributed by atoms with E-state index in [-0.39, 0.29) is 12.5 Å². The van der Waals surface area contributed by atoms with Gasteiger partial charge in [-0.25, -0.2) is 4.79 Å². The number of unbranched alkanes of at least 4 members (excludes halogenated alkanes) is 1. The molecular formula is C17H26NO6P. The zero-order valence-corrected chi connectivity index (χ0v) is 15.8. The van der Waals surface area contributed by atoms with Gasteiger partial charge in [-0.05, 0) is 38.8 Å². The molecule has 0 bridgehead atoms. The van der Waals surface area contributed by atoms with Gasteiger partial charge in [0.25, 0.3) is 0 Å². The van der Waals surface area contributed by atoms with Gasteiger partial charge in [-0.3, -0.25) is 4.79 Å². The number of carbonyl (C=O) groups excluding carboxylic acids is 2. The summed E-state index contributed by atoms with van der Waals surface area (Å²) in [5, 5.41) is 2.62. The summed E-state index contributed by atoms with van der Waals surface area (Å²) in [4.78, 5) is 23.3. The molecule has 0 radical (unpaired) electrons. The maximum Gasteiger partial charge on any atom is 0.340 e. The highest BCUT2D eigenvalue weighted by atomic mass is 31.2. The second-order valence-corrected chi connectivity index (χ2v) is 6.18. The molecule has 0 saturated carbocycles. The summed E-state index contributed by atoms with van der Waals surface area (Å²) in [6.07, 6.45) is 1.38. The molecule has 0 aliphatic rings. The van der Waals surface area contributed by atoms with Gasteiger partial charge in [0.2, 0.25) is 5.91 Å². The third-order valence-electron chi connectivity index (χ3n) is 2.90. The number of anilines is 1. The maximum absolute atomic E-state index is 12.1. The molecule has 1 N–H and O–H groups in total. The molecule has 0 aromatic heterocycles. The van der Waals surface area contributed by atoms with Crippen LogP contribution in [0.15, 0.2) is 24.3 Å². The molecule has 1 aromatic rings. The van der Waals surface area contributed by atoms with Crippen LogP contribution in [0.1, 0.15) is 44.0 Å². The molecule has 0 atom stereocenters. The highest BCUT2D eigenvalue weighted by Crippen LogP contribution is 2.39. The van der Waals surface area contributed by atoms with Crippen LogP contribution in [0.3, 0.4) is 0 Å². The molecule has 0 spiro atoms. The molecule has 0 aliphatic carbocycles. The van der Waals surface area contributed by atoms with Crippen LogP contribution in [0.2, 0.25) is 0 Å². The first kappa shape index (κ1) is 21.5. The number of nitrogens with one attached hydrogen (secondary N) is 1. The van der Waals surface area contributed by atoms with Crippen molar-refractivity contribution >= 4 is 26.2 Å². The van der Waals surface area contributed by atoms with Crippen molar-refractivity contribution in [1.29, 1.82) is 0 Å². The van der Waals surface area contributed by atoms with E-state index in [1.807, 2.05) is 13.8 Å². The smallest absolute Gasteiger partial charge is 0.340 e. The first-order valence-electron chi connectivity index (χ1n) is 8.31. The van der Waals surface area contributed by atoms with Crippen LogP contribution in [0, 0.1) is 0 Å². The lowest BCUT2D eigenvalue weighted by Gasteiger charge is -2.14. The average molecular weight is 371 g/mol. The Morgan fingerprint density at radius 3 is 2.28 bits per heavy atom. The Morgan fingerprint density at radius 2 is 1.64 bits per heavy atom. The van der Waals surface area contributed by atoms with E-state index in [2.05, 4.69) is 5.32 Å². The SMILES string of the molecule is CCOP(OCC)OCCCCOC(=O)c1ccccc1NC(C)=O. The van der Waals surface area contributed by atoms with Gasteiger partial charge in [0.05, 0.1) is 37.7 Å². The summed E-state index contributed by atoms with van der Waals surface area (Å²) in [5.41, 5.74) is 0.785. The van der Waals surface area contributed by atoms with Gasteiger partial charge >= 0.3 is 14.6 Å². The zero-order chi connectivity index (χ0) is 18.5. The number of rotatable bonds is 12. The van der Waals surface area contributed by atoms with Gasteiger partial charge in [-0.2, -0.15) is 0 Å². The van der Waals surface area contributed by atoms with Crippen LogP contribution in [-0.4, -0.2) is 38.3 Å². The summed E-state index contributed by atoms with van der Waals surface area (Å²) >= 11 is 0. The fourth-order valence-corrected chi connectivity index (χ4v) is 2.79. The van der Waals surface area contributed by atoms with Gasteiger partial charge in [0, 0.05) is 6.92 Å². The van der Waals surface area contributed by atoms with Crippen LogP contribution in [0.25, 0.3) is 0 Å². The summed E-state index contributed by atoms with van der Waals surface area (Å²) < 4.78 is 21.4. The van der Waals surface area contributed by atoms with Crippen LogP contribution < -0.4 is 5.32 Å². The Morgan fingerprint density at radius 1 is 1.00 bits per heavy atom. The lowest BCUT2D eigenvalue weighted by molar-refractivity contribution is -0.114. The molecule has 1 aromatic carbocycles. The number of para-hydroxylation sites is 1. The summed E-state index contributed by atoms with van der Waals surface area (Å²) in [7, 11) is -1.29. The summed E-state index contributed by atoms with van der Waals surface area (Å²) in [6, 6.07) is 6.75. The Kier molecular flexibility index (Phi) is 11.0. The van der Waals surface area contributed by atoms with Gasteiger partial charge in [-0.15, -0.1) is 0 Å². The van der Waals surface area contributed by atoms with Crippen molar-refractivity contribution in [3.8, 4) is 0 Å². The van der Waals surface area contributed by atoms with Gasteiger partial charge in [0.1, 0.15) is 0 Å². The van der Waals surface area contributed by atoms with Crippen molar-refractivity contribution in [1.82, 2.24) is 0 Å². The minimum Gasteiger partial charge on any atom is -0.462 e. The third kappa shape index (κ3) is 8.93. The first-order chi connectivity index (χ1) is 12.1. The zero-order valence-electron chi connectivity index (χ0n) is 14.9. The van der Waals surface area contributed by atoms with Crippen molar-refractivity contribution in [2.45, 2.75) is 33.6 Å². The van der Waals surface area contributed by atoms with Crippen LogP contribution in [0.4, 0.5) is 5.69 Å². The normalized spacial score (nSPS) is 10.7. The number of hydrogen-bond acceptors (Lipinski definition) is 6. The largest absolute Gasteiger partial charge is 0.462 e. The van der Waals surface area contributed by atoms with E-state index in [9.17, 15) is 9.59 Å². The van der Waals surface area contributed by atoms with Crippen molar-refractivity contribution in [2.24, 2.45) is 0 Å². The van der Waals surface area contributed by atoms with E-state index in [1.165, 1.54) is 6.92 Å². The molecule has 1 amide bonds. The van der Waals surface area contributed by atoms with Crippen molar-refractivity contribution in [2.75, 3.05) is 31.7 Å². The van der Waals surface area contributed by atoms with Crippen LogP contribution >= 0.6 is 8.60 Å². The third-order valence-corrected chi connectivity index (χ3v) is 4.23. The van der Waals surface area contributed by atoms with E-state index < -0.39 is 14.6 Å². The molecule has 25 heavy (non-hydrogen) atoms. The Balaban J connectivity index is 2.30. The van der Waals surface area contributed by atoms with E-state index in [0.29, 0.717) is 37.5 Å². The second kappa shape index (κ2) is 12.8. The number of carbonyl (C=O) groups is 2. The monoisotopic (exact) mass is 371 g/mol. The highest BCUT2D eigenvalue weighted by molar-refractivity contribution is 7.41. The van der Waals surface area contributed by atoms with Crippen molar-refractivity contribution in [3.05, 3.63) is 29.8 Å². The minimum atomic E-state index is -1.29. The predicted molar refractivity (Wildman–Crippen MR) is 96.4 cm³/mol. The molecule has 0 heterocycles. The van der Waals surface area contributed by atoms with Crippen molar-refractivity contribution in [3.63, 3.8) is 0 Å². The number of amides is 1. The number of ether oxygens (including phenoxy) is 1. The fraction of sp³-hybridized carbons (Fsp3) is 0.529. The quantitative estimate of drug-likeness (QED) is 0.341. The molecule has 1 rings (SSSR count). The molecule has 7 nitrogen and oxygen atoms in total. The summed E-state index contributed by atoms with van der Waals surface area (Å²) in [6.45, 7) is 6.99. The lowest BCUT2D eigenvalue weighted by Crippen LogP contribution is -2.13. The Bertz CT molecular complexity index is 534. The van der Waals surface area contributed by atoms with Gasteiger partial charge < -0.3 is 23.6 Å². The van der Waals surface area contributed by atoms with Gasteiger partial charge in [0.15, 0.2) is 0 Å². The molecule has 140 valence electrons. The van der Waals surface area contributed by atoms with Crippen molar-refractivity contribution < 1.29 is 27.9 Å². The minimum absolute atomic E-state index is 0.238. The van der Waals surface area contributed by atoms with Crippen LogP contribution in [-0.2, 0) is 23.1 Å². The fourth-order valence-electron chi connectivity index (χ4n) is 1.87. The average Bonchev–Trinajstić information content (AvgIpc) is 2.58. The maximum atomic E-state index is 12.1. The lowest BCUT2D eigenvalue weighted by atomic mass is 10.2. The van der Waals surface area contributed by atoms with Gasteiger partial charge in [-0.1, -0.05) is 12.1 Å². The van der Waals surface area contributed by atoms with E-state index in [4.69, 9.17) is 18.3 Å². The molecule has 0 fully saturated rings. The molecule has 8 heteroatoms. The second-order valence-electron chi connectivity index (χ2n) is 4.96. The summed E-state index contributed by atoms with van der Waals surface area (Å²) in [5.74, 6) is -0.700. The highest BCUT2D eigenvalue weighted by Gasteiger charge is 2.13. The predicted octanol–water partition coefficient (Wildman–Crippen LogP) is 3.90. The number of benzene rings is 1. The molecule has 0 saturated heterocycles. The van der Waals surface area contributed by atoms with E-state index in [0.717, 1.165) is 6.42 Å². The molecular weight excluding hydrogens is 345 g/mol. The van der Waals surface area contributed by atoms with E-state index >= 15 is 0 Å². The van der Waals surface area contributed by atoms with Crippen LogP contribution in [0.5, 0.6) is 0 Å². The Hall–Kier alpha value is -1.53. The topological polar surface area (TPSA) is 83.1 Å². The molecule has 0 unspecified atom stereocenters. The van der Waals surface area contributed by atoms with E-state index in [1.54, 1.807) is 24.3 Å². The molecule has 0 aliphatic heterocycles. The Labute approximate surface area is 150 Å². The standard InChI is InChI=1S/C17H26NO6P/c1-4-22-25(23-5-2)24-13-9-8-12-21-17(20)15-10-6-7-11-16(15)18-14(3)19/h6-7,10-11H,4-5,8-9,12-13H2,1-3H3,(H,18,19). The number of esters is 1. The number of hydrogen-bond donors (Lipinski definition) is 1. The first-order valence-corrected chi connectivity index (χ1v) is 9.40.